The number of hydrogen-bond acceptors (Lipinski definition) is 2. The van der Waals surface area contributed by atoms with Gasteiger partial charge in [-0.05, 0) is 20.8 Å². The summed E-state index contributed by atoms with van der Waals surface area (Å²) < 4.78 is 0. The minimum absolute atomic E-state index is 0.0440. The van der Waals surface area contributed by atoms with Crippen LogP contribution in [0.4, 0.5) is 4.79 Å². The fourth-order valence-corrected chi connectivity index (χ4v) is 0.891. The quantitative estimate of drug-likeness (QED) is 0.493. The zero-order chi connectivity index (χ0) is 8.85. The van der Waals surface area contributed by atoms with E-state index in [4.69, 9.17) is 0 Å². The second kappa shape index (κ2) is 5.29. The van der Waals surface area contributed by atoms with E-state index in [0.717, 1.165) is 13.1 Å². The van der Waals surface area contributed by atoms with E-state index >= 15 is 0 Å². The molecule has 11 heavy (non-hydrogen) atoms. The van der Waals surface area contributed by atoms with Gasteiger partial charge in [-0.2, -0.15) is 12.6 Å². The molecule has 0 saturated carbocycles. The zero-order valence-electron chi connectivity index (χ0n) is 7.29. The van der Waals surface area contributed by atoms with Crippen LogP contribution < -0.4 is 5.32 Å². The van der Waals surface area contributed by atoms with Gasteiger partial charge in [0.25, 0.3) is 0 Å². The number of amides is 2. The maximum Gasteiger partial charge on any atom is 0.318 e. The minimum atomic E-state index is -0.0805. The third-order valence-corrected chi connectivity index (χ3v) is 1.51. The lowest BCUT2D eigenvalue weighted by Crippen LogP contribution is -2.41. The van der Waals surface area contributed by atoms with E-state index in [1.165, 1.54) is 0 Å². The molecule has 66 valence electrons. The molecule has 0 aromatic carbocycles. The van der Waals surface area contributed by atoms with E-state index in [-0.39, 0.29) is 11.4 Å². The molecular weight excluding hydrogens is 160 g/mol. The van der Waals surface area contributed by atoms with Crippen molar-refractivity contribution in [3.05, 3.63) is 0 Å². The van der Waals surface area contributed by atoms with Crippen molar-refractivity contribution >= 4 is 18.7 Å². The molecule has 1 atom stereocenters. The van der Waals surface area contributed by atoms with Crippen LogP contribution in [-0.2, 0) is 0 Å². The van der Waals surface area contributed by atoms with Crippen molar-refractivity contribution in [2.24, 2.45) is 0 Å². The van der Waals surface area contributed by atoms with Gasteiger partial charge in [-0.25, -0.2) is 4.79 Å². The summed E-state index contributed by atoms with van der Waals surface area (Å²) in [6, 6.07) is -0.0440. The summed E-state index contributed by atoms with van der Waals surface area (Å²) in [5.74, 6) is 0. The first-order valence-electron chi connectivity index (χ1n) is 3.85. The Kier molecular flexibility index (Phi) is 5.11. The first-order valence-corrected chi connectivity index (χ1v) is 4.37. The third kappa shape index (κ3) is 4.14. The van der Waals surface area contributed by atoms with Crippen molar-refractivity contribution in [2.75, 3.05) is 13.1 Å². The molecular formula is C7H16N2OS. The topological polar surface area (TPSA) is 32.3 Å². The Bertz CT molecular complexity index is 124. The van der Waals surface area contributed by atoms with Gasteiger partial charge in [0.2, 0.25) is 0 Å². The van der Waals surface area contributed by atoms with Crippen molar-refractivity contribution in [2.45, 2.75) is 26.1 Å². The molecule has 0 aliphatic carbocycles. The predicted molar refractivity (Wildman–Crippen MR) is 49.9 cm³/mol. The molecule has 0 radical (unpaired) electrons. The summed E-state index contributed by atoms with van der Waals surface area (Å²) in [5, 5.41) is 2.62. The van der Waals surface area contributed by atoms with Gasteiger partial charge in [-0.1, -0.05) is 0 Å². The van der Waals surface area contributed by atoms with Gasteiger partial charge >= 0.3 is 6.03 Å². The van der Waals surface area contributed by atoms with Gasteiger partial charge in [0.05, 0.1) is 5.37 Å². The summed E-state index contributed by atoms with van der Waals surface area (Å²) in [6.07, 6.45) is 0. The van der Waals surface area contributed by atoms with Gasteiger partial charge in [-0.15, -0.1) is 0 Å². The number of urea groups is 1. The van der Waals surface area contributed by atoms with Crippen LogP contribution in [-0.4, -0.2) is 29.4 Å². The molecule has 1 unspecified atom stereocenters. The van der Waals surface area contributed by atoms with Crippen LogP contribution in [0.25, 0.3) is 0 Å². The van der Waals surface area contributed by atoms with Gasteiger partial charge < -0.3 is 10.2 Å². The molecule has 0 aromatic rings. The van der Waals surface area contributed by atoms with Crippen LogP contribution in [0, 0.1) is 0 Å². The summed E-state index contributed by atoms with van der Waals surface area (Å²) in [7, 11) is 0. The summed E-state index contributed by atoms with van der Waals surface area (Å²) in [6.45, 7) is 7.20. The standard InChI is InChI=1S/C7H16N2OS/c1-4-9(5-2)7(10)8-6(3)11/h6,11H,4-5H2,1-3H3,(H,8,10). The number of carbonyl (C=O) groups is 1. The third-order valence-electron chi connectivity index (χ3n) is 1.38. The van der Waals surface area contributed by atoms with Crippen LogP contribution in [0.2, 0.25) is 0 Å². The Hall–Kier alpha value is -0.380. The molecule has 0 heterocycles. The van der Waals surface area contributed by atoms with Crippen LogP contribution in [0.5, 0.6) is 0 Å². The normalized spacial score (nSPS) is 12.4. The van der Waals surface area contributed by atoms with Crippen molar-refractivity contribution in [3.8, 4) is 0 Å². The molecule has 0 rings (SSSR count). The summed E-state index contributed by atoms with van der Waals surface area (Å²) >= 11 is 4.05. The van der Waals surface area contributed by atoms with E-state index in [1.807, 2.05) is 20.8 Å². The van der Waals surface area contributed by atoms with Gasteiger partial charge in [0, 0.05) is 13.1 Å². The van der Waals surface area contributed by atoms with E-state index < -0.39 is 0 Å². The molecule has 2 amide bonds. The number of rotatable bonds is 3. The zero-order valence-corrected chi connectivity index (χ0v) is 8.19. The molecule has 0 saturated heterocycles. The fourth-order valence-electron chi connectivity index (χ4n) is 0.781. The molecule has 0 bridgehead atoms. The first kappa shape index (κ1) is 10.6. The SMILES string of the molecule is CCN(CC)C(=O)NC(C)S. The van der Waals surface area contributed by atoms with Gasteiger partial charge in [0.15, 0.2) is 0 Å². The van der Waals surface area contributed by atoms with Crippen molar-refractivity contribution < 1.29 is 4.79 Å². The Morgan fingerprint density at radius 2 is 2.00 bits per heavy atom. The largest absolute Gasteiger partial charge is 0.327 e. The van der Waals surface area contributed by atoms with Crippen LogP contribution in [0.1, 0.15) is 20.8 Å². The van der Waals surface area contributed by atoms with E-state index in [9.17, 15) is 4.79 Å². The van der Waals surface area contributed by atoms with Crippen LogP contribution in [0.15, 0.2) is 0 Å². The highest BCUT2D eigenvalue weighted by molar-refractivity contribution is 7.80. The lowest BCUT2D eigenvalue weighted by atomic mass is 10.5. The number of thiol groups is 1. The molecule has 0 aliphatic rings. The monoisotopic (exact) mass is 176 g/mol. The van der Waals surface area contributed by atoms with E-state index in [0.29, 0.717) is 0 Å². The average Bonchev–Trinajstić information content (AvgIpc) is 1.88. The Morgan fingerprint density at radius 1 is 1.55 bits per heavy atom. The van der Waals surface area contributed by atoms with Crippen molar-refractivity contribution in [3.63, 3.8) is 0 Å². The second-order valence-electron chi connectivity index (χ2n) is 2.30. The summed E-state index contributed by atoms with van der Waals surface area (Å²) in [4.78, 5) is 12.9. The predicted octanol–water partition coefficient (Wildman–Crippen LogP) is 1.31. The van der Waals surface area contributed by atoms with Crippen LogP contribution in [0.3, 0.4) is 0 Å². The number of carbonyl (C=O) groups excluding carboxylic acids is 1. The van der Waals surface area contributed by atoms with Crippen molar-refractivity contribution in [1.82, 2.24) is 10.2 Å². The van der Waals surface area contributed by atoms with Gasteiger partial charge in [-0.3, -0.25) is 0 Å². The van der Waals surface area contributed by atoms with Gasteiger partial charge in [0.1, 0.15) is 0 Å². The Labute approximate surface area is 73.6 Å². The highest BCUT2D eigenvalue weighted by atomic mass is 32.1. The highest BCUT2D eigenvalue weighted by Crippen LogP contribution is 1.92. The van der Waals surface area contributed by atoms with E-state index in [1.54, 1.807) is 4.90 Å². The molecule has 1 N–H and O–H groups in total. The molecule has 3 nitrogen and oxygen atoms in total. The molecule has 0 fully saturated rings. The maximum absolute atomic E-state index is 11.2. The maximum atomic E-state index is 11.2. The molecule has 0 spiro atoms. The molecule has 0 aliphatic heterocycles. The smallest absolute Gasteiger partial charge is 0.318 e. The lowest BCUT2D eigenvalue weighted by molar-refractivity contribution is 0.203. The molecule has 4 heteroatoms. The lowest BCUT2D eigenvalue weighted by Gasteiger charge is -2.20. The highest BCUT2D eigenvalue weighted by Gasteiger charge is 2.08. The van der Waals surface area contributed by atoms with E-state index in [2.05, 4.69) is 17.9 Å². The number of nitrogens with zero attached hydrogens (tertiary/aromatic N) is 1. The fraction of sp³-hybridized carbons (Fsp3) is 0.857. The van der Waals surface area contributed by atoms with Crippen molar-refractivity contribution in [1.29, 1.82) is 0 Å². The summed E-state index contributed by atoms with van der Waals surface area (Å²) in [5.41, 5.74) is 0. The average molecular weight is 176 g/mol. The number of nitrogens with one attached hydrogen (secondary N) is 1. The van der Waals surface area contributed by atoms with Crippen LogP contribution >= 0.6 is 12.6 Å². The Morgan fingerprint density at radius 3 is 2.27 bits per heavy atom. The Balaban J connectivity index is 3.79. The minimum Gasteiger partial charge on any atom is -0.327 e. The molecule has 0 aromatic heterocycles. The number of hydrogen-bond donors (Lipinski definition) is 2. The first-order chi connectivity index (χ1) is 5.11. The second-order valence-corrected chi connectivity index (χ2v) is 3.07.